The summed E-state index contributed by atoms with van der Waals surface area (Å²) in [7, 11) is 0. The molecular formula is C22H41NO. The number of hydrogen-bond acceptors (Lipinski definition) is 2. The van der Waals surface area contributed by atoms with Gasteiger partial charge in [-0.3, -0.25) is 0 Å². The first-order chi connectivity index (χ1) is 11.6. The topological polar surface area (TPSA) is 35.2 Å². The van der Waals surface area contributed by atoms with Crippen molar-refractivity contribution >= 4 is 0 Å². The maximum absolute atomic E-state index is 6.40. The Morgan fingerprint density at radius 2 is 1.50 bits per heavy atom. The van der Waals surface area contributed by atoms with Gasteiger partial charge in [0.2, 0.25) is 0 Å². The van der Waals surface area contributed by atoms with Crippen LogP contribution in [0.3, 0.4) is 0 Å². The van der Waals surface area contributed by atoms with Crippen molar-refractivity contribution in [3.8, 4) is 0 Å². The number of rotatable bonds is 15. The molecule has 0 heterocycles. The summed E-state index contributed by atoms with van der Waals surface area (Å²) in [5, 5.41) is 0. The van der Waals surface area contributed by atoms with E-state index < -0.39 is 0 Å². The van der Waals surface area contributed by atoms with Crippen molar-refractivity contribution in [2.75, 3.05) is 0 Å². The fourth-order valence-corrected chi connectivity index (χ4v) is 2.81. The fourth-order valence-electron chi connectivity index (χ4n) is 2.81. The molecule has 0 spiro atoms. The largest absolute Gasteiger partial charge is 0.490 e. The lowest BCUT2D eigenvalue weighted by Crippen LogP contribution is -2.15. The Hall–Kier alpha value is -1.18. The molecule has 0 aromatic heterocycles. The molecule has 0 saturated heterocycles. The third-order valence-electron chi connectivity index (χ3n) is 4.46. The van der Waals surface area contributed by atoms with E-state index in [1.165, 1.54) is 51.4 Å². The van der Waals surface area contributed by atoms with Crippen LogP contribution in [-0.2, 0) is 4.74 Å². The average molecular weight is 336 g/mol. The molecule has 2 heteroatoms. The van der Waals surface area contributed by atoms with E-state index in [0.717, 1.165) is 30.6 Å². The second-order valence-corrected chi connectivity index (χ2v) is 6.70. The van der Waals surface area contributed by atoms with Gasteiger partial charge in [-0.1, -0.05) is 65.9 Å². The summed E-state index contributed by atoms with van der Waals surface area (Å²) >= 11 is 0. The molecule has 1 unspecified atom stereocenters. The van der Waals surface area contributed by atoms with E-state index in [9.17, 15) is 0 Å². The van der Waals surface area contributed by atoms with E-state index in [1.54, 1.807) is 6.08 Å². The van der Waals surface area contributed by atoms with Gasteiger partial charge in [-0.25, -0.2) is 0 Å². The summed E-state index contributed by atoms with van der Waals surface area (Å²) in [5.74, 6) is 0.949. The van der Waals surface area contributed by atoms with Gasteiger partial charge in [-0.05, 0) is 51.2 Å². The molecule has 0 radical (unpaired) electrons. The number of hydrogen-bond donors (Lipinski definition) is 1. The van der Waals surface area contributed by atoms with Gasteiger partial charge in [0.25, 0.3) is 0 Å². The molecule has 1 atom stereocenters. The molecule has 0 saturated carbocycles. The van der Waals surface area contributed by atoms with Gasteiger partial charge in [-0.2, -0.15) is 0 Å². The lowest BCUT2D eigenvalue weighted by Gasteiger charge is -2.22. The maximum Gasteiger partial charge on any atom is 0.120 e. The molecule has 0 aliphatic carbocycles. The molecule has 2 nitrogen and oxygen atoms in total. The lowest BCUT2D eigenvalue weighted by atomic mass is 10.0. The predicted molar refractivity (Wildman–Crippen MR) is 108 cm³/mol. The molecule has 0 aromatic carbocycles. The molecular weight excluding hydrogens is 294 g/mol. The maximum atomic E-state index is 6.40. The second kappa shape index (κ2) is 15.4. The highest BCUT2D eigenvalue weighted by Gasteiger charge is 2.14. The summed E-state index contributed by atoms with van der Waals surface area (Å²) in [4.78, 5) is 0. The van der Waals surface area contributed by atoms with Crippen LogP contribution in [0.5, 0.6) is 0 Å². The molecule has 0 aliphatic rings. The van der Waals surface area contributed by atoms with Gasteiger partial charge in [0.05, 0.1) is 6.10 Å². The van der Waals surface area contributed by atoms with Crippen LogP contribution >= 0.6 is 0 Å². The van der Waals surface area contributed by atoms with Crippen molar-refractivity contribution in [2.24, 2.45) is 5.73 Å². The van der Waals surface area contributed by atoms with Crippen molar-refractivity contribution in [3.05, 3.63) is 35.8 Å². The third kappa shape index (κ3) is 10.6. The van der Waals surface area contributed by atoms with Crippen molar-refractivity contribution in [1.29, 1.82) is 0 Å². The van der Waals surface area contributed by atoms with Crippen LogP contribution in [0.15, 0.2) is 35.8 Å². The first-order valence-corrected chi connectivity index (χ1v) is 10.1. The van der Waals surface area contributed by atoms with Crippen molar-refractivity contribution in [2.45, 2.75) is 104 Å². The lowest BCUT2D eigenvalue weighted by molar-refractivity contribution is 0.0998. The molecule has 2 N–H and O–H groups in total. The summed E-state index contributed by atoms with van der Waals surface area (Å²) in [5.41, 5.74) is 7.77. The zero-order valence-electron chi connectivity index (χ0n) is 16.7. The Kier molecular flexibility index (Phi) is 14.6. The van der Waals surface area contributed by atoms with Crippen LogP contribution < -0.4 is 5.73 Å². The van der Waals surface area contributed by atoms with Gasteiger partial charge in [0, 0.05) is 11.3 Å². The van der Waals surface area contributed by atoms with Gasteiger partial charge in [0.1, 0.15) is 5.76 Å². The Labute approximate surface area is 151 Å². The van der Waals surface area contributed by atoms with Gasteiger partial charge in [0.15, 0.2) is 0 Å². The van der Waals surface area contributed by atoms with Gasteiger partial charge >= 0.3 is 0 Å². The Morgan fingerprint density at radius 3 is 2.04 bits per heavy atom. The van der Waals surface area contributed by atoms with Crippen LogP contribution in [-0.4, -0.2) is 6.10 Å². The number of ether oxygens (including phenoxy) is 1. The average Bonchev–Trinajstić information content (AvgIpc) is 2.59. The van der Waals surface area contributed by atoms with Crippen molar-refractivity contribution in [1.82, 2.24) is 0 Å². The normalized spacial score (nSPS) is 14.2. The van der Waals surface area contributed by atoms with E-state index in [0.29, 0.717) is 11.8 Å². The van der Waals surface area contributed by atoms with Crippen LogP contribution in [0.25, 0.3) is 0 Å². The third-order valence-corrected chi connectivity index (χ3v) is 4.46. The number of unbranched alkanes of at least 4 members (excludes halogenated alkanes) is 6. The van der Waals surface area contributed by atoms with E-state index in [1.807, 2.05) is 6.92 Å². The Balaban J connectivity index is 4.77. The standard InChI is InChI=1S/C22H41NO/c1-6-10-12-13-15-18-20(17-14-11-7-2)24-22(16-8-3)19(5)21(23)9-4/h9,16,20H,4,6-8,10-15,17-18,23H2,1-3,5H3/b21-19+,22-16+. The molecule has 0 fully saturated rings. The van der Waals surface area contributed by atoms with E-state index in [4.69, 9.17) is 10.5 Å². The van der Waals surface area contributed by atoms with Gasteiger partial charge in [-0.15, -0.1) is 0 Å². The van der Waals surface area contributed by atoms with Crippen molar-refractivity contribution < 1.29 is 4.74 Å². The summed E-state index contributed by atoms with van der Waals surface area (Å²) in [6, 6.07) is 0. The minimum absolute atomic E-state index is 0.309. The highest BCUT2D eigenvalue weighted by molar-refractivity contribution is 5.33. The Bertz CT molecular complexity index is 381. The number of nitrogens with two attached hydrogens (primary N) is 1. The quantitative estimate of drug-likeness (QED) is 0.198. The zero-order chi connectivity index (χ0) is 18.2. The predicted octanol–water partition coefficient (Wildman–Crippen LogP) is 7.03. The molecule has 24 heavy (non-hydrogen) atoms. The highest BCUT2D eigenvalue weighted by Crippen LogP contribution is 2.23. The monoisotopic (exact) mass is 335 g/mol. The number of allylic oxidation sites excluding steroid dienone is 3. The van der Waals surface area contributed by atoms with Crippen LogP contribution in [0.1, 0.15) is 98.3 Å². The fraction of sp³-hybridized carbons (Fsp3) is 0.727. The molecule has 0 aromatic rings. The first kappa shape index (κ1) is 22.8. The summed E-state index contributed by atoms with van der Waals surface area (Å²) in [6.07, 6.45) is 17.8. The molecule has 0 amide bonds. The molecule has 0 bridgehead atoms. The second-order valence-electron chi connectivity index (χ2n) is 6.70. The summed E-state index contributed by atoms with van der Waals surface area (Å²) in [6.45, 7) is 12.5. The van der Waals surface area contributed by atoms with Crippen molar-refractivity contribution in [3.63, 3.8) is 0 Å². The minimum atomic E-state index is 0.309. The summed E-state index contributed by atoms with van der Waals surface area (Å²) < 4.78 is 6.40. The van der Waals surface area contributed by atoms with Crippen LogP contribution in [0.4, 0.5) is 0 Å². The van der Waals surface area contributed by atoms with Crippen LogP contribution in [0, 0.1) is 0 Å². The van der Waals surface area contributed by atoms with E-state index in [-0.39, 0.29) is 0 Å². The zero-order valence-corrected chi connectivity index (χ0v) is 16.7. The molecule has 140 valence electrons. The highest BCUT2D eigenvalue weighted by atomic mass is 16.5. The minimum Gasteiger partial charge on any atom is -0.490 e. The smallest absolute Gasteiger partial charge is 0.120 e. The molecule has 0 rings (SSSR count). The first-order valence-electron chi connectivity index (χ1n) is 10.1. The van der Waals surface area contributed by atoms with E-state index in [2.05, 4.69) is 33.4 Å². The van der Waals surface area contributed by atoms with E-state index >= 15 is 0 Å². The SMILES string of the molecule is C=C/C(N)=C(C)\C(=C/CC)OC(CCCCC)CCCCCCC. The van der Waals surface area contributed by atoms with Gasteiger partial charge < -0.3 is 10.5 Å². The molecule has 0 aliphatic heterocycles. The van der Waals surface area contributed by atoms with Crippen LogP contribution in [0.2, 0.25) is 0 Å². The Morgan fingerprint density at radius 1 is 0.958 bits per heavy atom.